The van der Waals surface area contributed by atoms with Gasteiger partial charge in [0.25, 0.3) is 0 Å². The smallest absolute Gasteiger partial charge is 0.135 e. The first-order chi connectivity index (χ1) is 25.8. The molecule has 0 amide bonds. The number of furan rings is 1. The van der Waals surface area contributed by atoms with E-state index in [9.17, 15) is 0 Å². The lowest BCUT2D eigenvalue weighted by Crippen LogP contribution is -2.09. The van der Waals surface area contributed by atoms with Crippen LogP contribution in [0.1, 0.15) is 0 Å². The van der Waals surface area contributed by atoms with Crippen molar-refractivity contribution < 1.29 is 4.42 Å². The van der Waals surface area contributed by atoms with E-state index in [1.54, 1.807) is 0 Å². The molecule has 0 bridgehead atoms. The second kappa shape index (κ2) is 13.8. The Hall–Kier alpha value is -6.90. The summed E-state index contributed by atoms with van der Waals surface area (Å²) < 4.78 is 6.14. The van der Waals surface area contributed by atoms with Gasteiger partial charge < -0.3 is 9.32 Å². The Kier molecular flexibility index (Phi) is 8.24. The van der Waals surface area contributed by atoms with Gasteiger partial charge in [0, 0.05) is 28.0 Å². The predicted octanol–water partition coefficient (Wildman–Crippen LogP) is 14.2. The van der Waals surface area contributed by atoms with Crippen LogP contribution in [0.15, 0.2) is 217 Å². The number of hydrogen-bond donors (Lipinski definition) is 0. The zero-order chi connectivity index (χ0) is 34.7. The molecule has 1 aromatic heterocycles. The van der Waals surface area contributed by atoms with Crippen LogP contribution in [0.3, 0.4) is 0 Å². The van der Waals surface area contributed by atoms with Gasteiger partial charge in [-0.2, -0.15) is 0 Å². The SMILES string of the molecule is c1ccc(-c2ccccc2-c2ccc(N(c3ccccc3)c3ccc(-c4ccc(-c5cccc(-c6cc7ccccc7o6)c5)cc4)cc3)cc2)cc1. The summed E-state index contributed by atoms with van der Waals surface area (Å²) in [6, 6.07) is 75.2. The van der Waals surface area contributed by atoms with Crippen molar-refractivity contribution in [1.82, 2.24) is 0 Å². The molecule has 0 N–H and O–H groups in total. The fourth-order valence-electron chi connectivity index (χ4n) is 7.05. The van der Waals surface area contributed by atoms with Crippen molar-refractivity contribution in [1.29, 1.82) is 0 Å². The zero-order valence-electron chi connectivity index (χ0n) is 28.6. The van der Waals surface area contributed by atoms with E-state index in [-0.39, 0.29) is 0 Å². The topological polar surface area (TPSA) is 16.4 Å². The molecule has 0 saturated carbocycles. The molecule has 0 fully saturated rings. The largest absolute Gasteiger partial charge is 0.456 e. The molecule has 0 saturated heterocycles. The molecule has 0 radical (unpaired) electrons. The predicted molar refractivity (Wildman–Crippen MR) is 218 cm³/mol. The fourth-order valence-corrected chi connectivity index (χ4v) is 7.05. The molecule has 0 spiro atoms. The van der Waals surface area contributed by atoms with E-state index in [0.717, 1.165) is 44.9 Å². The molecule has 0 aliphatic rings. The number of para-hydroxylation sites is 2. The molecule has 0 atom stereocenters. The maximum Gasteiger partial charge on any atom is 0.135 e. The van der Waals surface area contributed by atoms with E-state index < -0.39 is 0 Å². The van der Waals surface area contributed by atoms with Crippen LogP contribution in [0.5, 0.6) is 0 Å². The highest BCUT2D eigenvalue weighted by Gasteiger charge is 2.14. The quantitative estimate of drug-likeness (QED) is 0.161. The number of fused-ring (bicyclic) bond motifs is 1. The number of rotatable bonds is 8. The van der Waals surface area contributed by atoms with Crippen molar-refractivity contribution in [2.45, 2.75) is 0 Å². The minimum absolute atomic E-state index is 0.883. The number of benzene rings is 8. The van der Waals surface area contributed by atoms with Crippen LogP contribution in [-0.2, 0) is 0 Å². The molecule has 2 heteroatoms. The van der Waals surface area contributed by atoms with Crippen LogP contribution < -0.4 is 4.90 Å². The highest BCUT2D eigenvalue weighted by molar-refractivity contribution is 5.86. The van der Waals surface area contributed by atoms with E-state index in [1.165, 1.54) is 38.9 Å². The van der Waals surface area contributed by atoms with Crippen LogP contribution in [0.4, 0.5) is 17.1 Å². The monoisotopic (exact) mass is 665 g/mol. The Morgan fingerprint density at radius 1 is 0.288 bits per heavy atom. The van der Waals surface area contributed by atoms with Crippen molar-refractivity contribution in [3.05, 3.63) is 212 Å². The molecule has 9 aromatic rings. The summed E-state index contributed by atoms with van der Waals surface area (Å²) in [6.45, 7) is 0. The summed E-state index contributed by atoms with van der Waals surface area (Å²) in [5.41, 5.74) is 14.8. The van der Waals surface area contributed by atoms with Gasteiger partial charge in [-0.1, -0.05) is 158 Å². The standard InChI is InChI=1S/C50H35NO/c1-3-12-39(13-4-1)47-19-8-9-20-48(47)40-28-32-46(33-29-40)51(44-17-5-2-6-18-44)45-30-26-37(27-31-45)36-22-24-38(25-23-36)41-15-11-16-42(34-41)50-35-43-14-7-10-21-49(43)52-50/h1-35H. The molecule has 2 nitrogen and oxygen atoms in total. The summed E-state index contributed by atoms with van der Waals surface area (Å²) in [5, 5.41) is 1.11. The summed E-state index contributed by atoms with van der Waals surface area (Å²) in [7, 11) is 0. The average Bonchev–Trinajstić information content (AvgIpc) is 3.67. The summed E-state index contributed by atoms with van der Waals surface area (Å²) in [5.74, 6) is 0.883. The lowest BCUT2D eigenvalue weighted by molar-refractivity contribution is 0.631. The van der Waals surface area contributed by atoms with Crippen LogP contribution in [0.2, 0.25) is 0 Å². The molecule has 0 aliphatic carbocycles. The third-order valence-electron chi connectivity index (χ3n) is 9.71. The molecule has 9 rings (SSSR count). The first-order valence-electron chi connectivity index (χ1n) is 17.7. The van der Waals surface area contributed by atoms with E-state index >= 15 is 0 Å². The number of nitrogens with zero attached hydrogens (tertiary/aromatic N) is 1. The molecule has 8 aromatic carbocycles. The van der Waals surface area contributed by atoms with E-state index in [1.807, 2.05) is 18.2 Å². The van der Waals surface area contributed by atoms with Crippen LogP contribution in [-0.4, -0.2) is 0 Å². The van der Waals surface area contributed by atoms with Gasteiger partial charge in [-0.25, -0.2) is 0 Å². The first kappa shape index (κ1) is 31.1. The van der Waals surface area contributed by atoms with Gasteiger partial charge in [0.05, 0.1) is 0 Å². The van der Waals surface area contributed by atoms with Gasteiger partial charge in [-0.05, 0) is 99.1 Å². The Labute approximate surface area is 304 Å². The second-order valence-electron chi connectivity index (χ2n) is 13.0. The zero-order valence-corrected chi connectivity index (χ0v) is 28.6. The summed E-state index contributed by atoms with van der Waals surface area (Å²) >= 11 is 0. The van der Waals surface area contributed by atoms with E-state index in [4.69, 9.17) is 4.42 Å². The molecular weight excluding hydrogens is 631 g/mol. The Morgan fingerprint density at radius 2 is 0.731 bits per heavy atom. The number of hydrogen-bond acceptors (Lipinski definition) is 2. The highest BCUT2D eigenvalue weighted by atomic mass is 16.3. The third-order valence-corrected chi connectivity index (χ3v) is 9.71. The van der Waals surface area contributed by atoms with Crippen molar-refractivity contribution in [3.8, 4) is 55.8 Å². The molecule has 52 heavy (non-hydrogen) atoms. The van der Waals surface area contributed by atoms with Gasteiger partial charge in [0.15, 0.2) is 0 Å². The van der Waals surface area contributed by atoms with Crippen molar-refractivity contribution in [3.63, 3.8) is 0 Å². The third kappa shape index (κ3) is 6.19. The maximum absolute atomic E-state index is 6.14. The lowest BCUT2D eigenvalue weighted by atomic mass is 9.94. The van der Waals surface area contributed by atoms with E-state index in [0.29, 0.717) is 0 Å². The Bertz CT molecular complexity index is 2550. The lowest BCUT2D eigenvalue weighted by Gasteiger charge is -2.26. The summed E-state index contributed by atoms with van der Waals surface area (Å²) in [4.78, 5) is 2.31. The minimum atomic E-state index is 0.883. The maximum atomic E-state index is 6.14. The molecule has 0 aliphatic heterocycles. The van der Waals surface area contributed by atoms with Crippen LogP contribution in [0, 0.1) is 0 Å². The van der Waals surface area contributed by atoms with Crippen LogP contribution in [0.25, 0.3) is 66.8 Å². The molecule has 1 heterocycles. The Morgan fingerprint density at radius 3 is 1.37 bits per heavy atom. The Balaban J connectivity index is 0.982. The van der Waals surface area contributed by atoms with Crippen molar-refractivity contribution >= 4 is 28.0 Å². The second-order valence-corrected chi connectivity index (χ2v) is 13.0. The fraction of sp³-hybridized carbons (Fsp3) is 0. The molecular formula is C50H35NO. The molecule has 246 valence electrons. The van der Waals surface area contributed by atoms with Crippen LogP contribution >= 0.6 is 0 Å². The van der Waals surface area contributed by atoms with Crippen molar-refractivity contribution in [2.24, 2.45) is 0 Å². The first-order valence-corrected chi connectivity index (χ1v) is 17.7. The minimum Gasteiger partial charge on any atom is -0.456 e. The van der Waals surface area contributed by atoms with Gasteiger partial charge in [0.1, 0.15) is 11.3 Å². The van der Waals surface area contributed by atoms with E-state index in [2.05, 4.69) is 199 Å². The average molecular weight is 666 g/mol. The van der Waals surface area contributed by atoms with Gasteiger partial charge in [-0.3, -0.25) is 0 Å². The van der Waals surface area contributed by atoms with Gasteiger partial charge >= 0.3 is 0 Å². The normalized spacial score (nSPS) is 11.1. The summed E-state index contributed by atoms with van der Waals surface area (Å²) in [6.07, 6.45) is 0. The highest BCUT2D eigenvalue weighted by Crippen LogP contribution is 2.39. The van der Waals surface area contributed by atoms with Gasteiger partial charge in [-0.15, -0.1) is 0 Å². The van der Waals surface area contributed by atoms with Gasteiger partial charge in [0.2, 0.25) is 0 Å². The van der Waals surface area contributed by atoms with Crippen molar-refractivity contribution in [2.75, 3.05) is 4.90 Å². The molecule has 0 unspecified atom stereocenters. The number of anilines is 3.